The molecule has 3 aromatic rings. The summed E-state index contributed by atoms with van der Waals surface area (Å²) in [6.45, 7) is 4.06. The number of carbonyl (C=O) groups excluding carboxylic acids is 1. The van der Waals surface area contributed by atoms with Gasteiger partial charge in [0.05, 0.1) is 17.0 Å². The highest BCUT2D eigenvalue weighted by Crippen LogP contribution is 2.45. The van der Waals surface area contributed by atoms with Gasteiger partial charge in [-0.25, -0.2) is 4.98 Å². The van der Waals surface area contributed by atoms with Gasteiger partial charge in [0.2, 0.25) is 0 Å². The van der Waals surface area contributed by atoms with Crippen LogP contribution in [0, 0.1) is 0 Å². The summed E-state index contributed by atoms with van der Waals surface area (Å²) >= 11 is 0. The minimum Gasteiger partial charge on any atom is -0.393 e. The number of nitrogens with one attached hydrogen (secondary N) is 1. The predicted octanol–water partition coefficient (Wildman–Crippen LogP) is 2.38. The lowest BCUT2D eigenvalue weighted by Crippen LogP contribution is -2.46. The van der Waals surface area contributed by atoms with E-state index in [1.54, 1.807) is 6.20 Å². The van der Waals surface area contributed by atoms with E-state index in [0.717, 1.165) is 18.4 Å². The molecule has 0 atom stereocenters. The number of nitrogens with two attached hydrogens (primary N) is 1. The van der Waals surface area contributed by atoms with Crippen LogP contribution in [0.4, 0.5) is 5.82 Å². The van der Waals surface area contributed by atoms with E-state index < -0.39 is 0 Å². The van der Waals surface area contributed by atoms with E-state index in [-0.39, 0.29) is 30.0 Å². The van der Waals surface area contributed by atoms with E-state index in [2.05, 4.69) is 15.5 Å². The molecule has 0 saturated heterocycles. The SMILES string of the molecule is CC(C)n1nc(-c2noc(C3CC3)c2C(=O)NC2CC(O)C2)c2c(N)nccc21. The third-order valence-electron chi connectivity index (χ3n) is 5.71. The Morgan fingerprint density at radius 2 is 2.10 bits per heavy atom. The minimum absolute atomic E-state index is 0.0380. The molecule has 0 spiro atoms. The van der Waals surface area contributed by atoms with Gasteiger partial charge in [-0.05, 0) is 45.6 Å². The molecule has 0 radical (unpaired) electrons. The van der Waals surface area contributed by atoms with E-state index >= 15 is 0 Å². The standard InChI is InChI=1S/C20H24N6O3/c1-9(2)26-13-5-6-22-19(21)14(13)16(24-26)17-15(18(29-25-17)10-3-4-10)20(28)23-11-7-12(27)8-11/h5-6,9-12,27H,3-4,7-8H2,1-2H3,(H2,21,22)(H,23,28). The van der Waals surface area contributed by atoms with Crippen molar-refractivity contribution in [1.82, 2.24) is 25.2 Å². The summed E-state index contributed by atoms with van der Waals surface area (Å²) in [6.07, 6.45) is 4.38. The summed E-state index contributed by atoms with van der Waals surface area (Å²) in [5, 5.41) is 22.2. The molecule has 9 nitrogen and oxygen atoms in total. The van der Waals surface area contributed by atoms with Crippen molar-refractivity contribution in [1.29, 1.82) is 0 Å². The van der Waals surface area contributed by atoms with Crippen LogP contribution in [0.1, 0.15) is 67.6 Å². The zero-order chi connectivity index (χ0) is 20.3. The maximum absolute atomic E-state index is 13.2. The lowest BCUT2D eigenvalue weighted by Gasteiger charge is -2.31. The van der Waals surface area contributed by atoms with Crippen molar-refractivity contribution in [2.24, 2.45) is 0 Å². The highest BCUT2D eigenvalue weighted by molar-refractivity contribution is 6.06. The lowest BCUT2D eigenvalue weighted by atomic mass is 9.89. The molecule has 4 N–H and O–H groups in total. The molecule has 2 saturated carbocycles. The summed E-state index contributed by atoms with van der Waals surface area (Å²) in [6, 6.07) is 1.92. The maximum Gasteiger partial charge on any atom is 0.257 e. The van der Waals surface area contributed by atoms with Crippen LogP contribution >= 0.6 is 0 Å². The Kier molecular flexibility index (Phi) is 4.09. The van der Waals surface area contributed by atoms with Crippen molar-refractivity contribution >= 4 is 22.6 Å². The molecule has 2 aliphatic rings. The fourth-order valence-corrected chi connectivity index (χ4v) is 3.94. The number of hydrogen-bond acceptors (Lipinski definition) is 7. The van der Waals surface area contributed by atoms with E-state index in [1.165, 1.54) is 0 Å². The van der Waals surface area contributed by atoms with Crippen molar-refractivity contribution in [2.45, 2.75) is 63.6 Å². The number of carbonyl (C=O) groups is 1. The second kappa shape index (κ2) is 6.55. The Labute approximate surface area is 167 Å². The topological polar surface area (TPSA) is 132 Å². The fourth-order valence-electron chi connectivity index (χ4n) is 3.94. The van der Waals surface area contributed by atoms with Crippen molar-refractivity contribution in [3.63, 3.8) is 0 Å². The maximum atomic E-state index is 13.2. The third kappa shape index (κ3) is 2.96. The first kappa shape index (κ1) is 18.1. The number of fused-ring (bicyclic) bond motifs is 1. The van der Waals surface area contributed by atoms with Gasteiger partial charge < -0.3 is 20.7 Å². The number of aliphatic hydroxyl groups is 1. The van der Waals surface area contributed by atoms with Gasteiger partial charge in [0.25, 0.3) is 5.91 Å². The number of pyridine rings is 1. The van der Waals surface area contributed by atoms with Gasteiger partial charge in [0.1, 0.15) is 22.8 Å². The Morgan fingerprint density at radius 3 is 2.76 bits per heavy atom. The molecule has 1 amide bonds. The molecule has 2 fully saturated rings. The van der Waals surface area contributed by atoms with Crippen LogP contribution in [0.2, 0.25) is 0 Å². The lowest BCUT2D eigenvalue weighted by molar-refractivity contribution is 0.0562. The van der Waals surface area contributed by atoms with Gasteiger partial charge in [-0.2, -0.15) is 5.10 Å². The first-order chi connectivity index (χ1) is 13.9. The van der Waals surface area contributed by atoms with Gasteiger partial charge >= 0.3 is 0 Å². The predicted molar refractivity (Wildman–Crippen MR) is 106 cm³/mol. The molecule has 2 aliphatic carbocycles. The van der Waals surface area contributed by atoms with Crippen LogP contribution in [0.5, 0.6) is 0 Å². The number of nitrogen functional groups attached to an aromatic ring is 1. The molecule has 9 heteroatoms. The van der Waals surface area contributed by atoms with Gasteiger partial charge in [-0.1, -0.05) is 5.16 Å². The third-order valence-corrected chi connectivity index (χ3v) is 5.71. The van der Waals surface area contributed by atoms with Gasteiger partial charge in [-0.3, -0.25) is 9.48 Å². The van der Waals surface area contributed by atoms with Crippen LogP contribution in [-0.2, 0) is 0 Å². The number of amides is 1. The Balaban J connectivity index is 1.64. The molecule has 0 aromatic carbocycles. The molecule has 5 rings (SSSR count). The summed E-state index contributed by atoms with van der Waals surface area (Å²) in [5.74, 6) is 0.911. The minimum atomic E-state index is -0.346. The van der Waals surface area contributed by atoms with Crippen LogP contribution in [-0.4, -0.2) is 43.1 Å². The van der Waals surface area contributed by atoms with Crippen molar-refractivity contribution < 1.29 is 14.4 Å². The first-order valence-electron chi connectivity index (χ1n) is 10.1. The second-order valence-corrected chi connectivity index (χ2v) is 8.32. The number of rotatable bonds is 5. The van der Waals surface area contributed by atoms with Gasteiger partial charge in [0, 0.05) is 24.2 Å². The quantitative estimate of drug-likeness (QED) is 0.603. The van der Waals surface area contributed by atoms with Crippen LogP contribution in [0.25, 0.3) is 22.3 Å². The molecule has 0 bridgehead atoms. The van der Waals surface area contributed by atoms with Gasteiger partial charge in [-0.15, -0.1) is 0 Å². The average Bonchev–Trinajstić information content (AvgIpc) is 3.27. The molecular formula is C20H24N6O3. The number of aromatic nitrogens is 4. The number of hydrogen-bond donors (Lipinski definition) is 3. The number of aliphatic hydroxyl groups excluding tert-OH is 1. The summed E-state index contributed by atoms with van der Waals surface area (Å²) in [7, 11) is 0. The molecule has 0 unspecified atom stereocenters. The second-order valence-electron chi connectivity index (χ2n) is 8.32. The molecule has 152 valence electrons. The Morgan fingerprint density at radius 1 is 1.34 bits per heavy atom. The average molecular weight is 396 g/mol. The zero-order valence-electron chi connectivity index (χ0n) is 16.4. The molecule has 3 heterocycles. The van der Waals surface area contributed by atoms with E-state index in [9.17, 15) is 9.90 Å². The number of nitrogens with zero attached hydrogens (tertiary/aromatic N) is 4. The Bertz CT molecular complexity index is 1090. The number of anilines is 1. The monoisotopic (exact) mass is 396 g/mol. The first-order valence-corrected chi connectivity index (χ1v) is 10.1. The largest absolute Gasteiger partial charge is 0.393 e. The van der Waals surface area contributed by atoms with E-state index in [4.69, 9.17) is 15.4 Å². The Hall–Kier alpha value is -2.94. The molecule has 29 heavy (non-hydrogen) atoms. The van der Waals surface area contributed by atoms with Crippen molar-refractivity contribution in [2.75, 3.05) is 5.73 Å². The normalized spacial score (nSPS) is 21.5. The van der Waals surface area contributed by atoms with Crippen molar-refractivity contribution in [3.05, 3.63) is 23.6 Å². The summed E-state index contributed by atoms with van der Waals surface area (Å²) in [5.41, 5.74) is 8.36. The van der Waals surface area contributed by atoms with E-state index in [1.807, 2.05) is 24.6 Å². The van der Waals surface area contributed by atoms with Crippen LogP contribution in [0.15, 0.2) is 16.8 Å². The summed E-state index contributed by atoms with van der Waals surface area (Å²) in [4.78, 5) is 17.4. The van der Waals surface area contributed by atoms with Crippen LogP contribution < -0.4 is 11.1 Å². The van der Waals surface area contributed by atoms with E-state index in [0.29, 0.717) is 46.8 Å². The fraction of sp³-hybridized carbons (Fsp3) is 0.500. The molecule has 0 aliphatic heterocycles. The highest BCUT2D eigenvalue weighted by Gasteiger charge is 2.38. The highest BCUT2D eigenvalue weighted by atomic mass is 16.5. The summed E-state index contributed by atoms with van der Waals surface area (Å²) < 4.78 is 7.50. The van der Waals surface area contributed by atoms with Crippen LogP contribution in [0.3, 0.4) is 0 Å². The smallest absolute Gasteiger partial charge is 0.257 e. The van der Waals surface area contributed by atoms with Crippen molar-refractivity contribution in [3.8, 4) is 11.4 Å². The molecular weight excluding hydrogens is 372 g/mol. The van der Waals surface area contributed by atoms with Gasteiger partial charge in [0.15, 0.2) is 5.76 Å². The zero-order valence-corrected chi connectivity index (χ0v) is 16.4. The molecule has 3 aromatic heterocycles.